The zero-order chi connectivity index (χ0) is 56.6. The second kappa shape index (κ2) is 23.5. The number of allylic oxidation sites excluding steroid dienone is 2. The molecule has 4 saturated heterocycles. The van der Waals surface area contributed by atoms with E-state index >= 15 is 0 Å². The Morgan fingerprint density at radius 3 is 1.64 bits per heavy atom. The Morgan fingerprint density at radius 1 is 0.545 bits per heavy atom. The maximum atomic E-state index is 12.8. The van der Waals surface area contributed by atoms with Crippen LogP contribution in [0.1, 0.15) is 113 Å². The van der Waals surface area contributed by atoms with Crippen molar-refractivity contribution in [1.29, 1.82) is 0 Å². The van der Waals surface area contributed by atoms with Gasteiger partial charge in [-0.15, -0.1) is 0 Å². The van der Waals surface area contributed by atoms with E-state index in [1.807, 2.05) is 20.8 Å². The van der Waals surface area contributed by atoms with Crippen LogP contribution in [0.25, 0.3) is 0 Å². The minimum absolute atomic E-state index is 0.0374. The van der Waals surface area contributed by atoms with E-state index in [9.17, 15) is 76.6 Å². The van der Waals surface area contributed by atoms with Gasteiger partial charge in [0.25, 0.3) is 0 Å². The summed E-state index contributed by atoms with van der Waals surface area (Å²) in [7, 11) is 0. The van der Waals surface area contributed by atoms with Crippen LogP contribution in [0.15, 0.2) is 11.6 Å². The lowest BCUT2D eigenvalue weighted by Crippen LogP contribution is -2.68. The van der Waals surface area contributed by atoms with Crippen molar-refractivity contribution in [3.8, 4) is 0 Å². The summed E-state index contributed by atoms with van der Waals surface area (Å²) in [6.07, 6.45) is -25.2. The fraction of sp³-hybridized carbons (Fsp3) is 0.963. The first-order valence-electron chi connectivity index (χ1n) is 27.9. The van der Waals surface area contributed by atoms with Crippen LogP contribution in [0, 0.1) is 45.3 Å². The summed E-state index contributed by atoms with van der Waals surface area (Å²) >= 11 is 0. The minimum Gasteiger partial charge on any atom is -0.394 e. The van der Waals surface area contributed by atoms with Crippen LogP contribution in [0.4, 0.5) is 0 Å². The Bertz CT molecular complexity index is 1990. The second-order valence-corrected chi connectivity index (χ2v) is 25.7. The van der Waals surface area contributed by atoms with E-state index in [1.54, 1.807) is 0 Å². The molecule has 0 aromatic heterocycles. The van der Waals surface area contributed by atoms with E-state index in [-0.39, 0.29) is 34.5 Å². The molecule has 15 N–H and O–H groups in total. The SMILES string of the molecule is CC(C)=CCC[C@](C)(O[C@@H]1O[C@H](CO[C@@H]2O[C@H](CO)[C@@H](O)[C@H](O)[C@H]2O)[C@@H](O)C(O)C1O)[C@H]1CC[C@]2(C)[C@@H]1[C@H](O)C[C@@H]1[C@@]3(C)CC[C@H](O[C@@H]4O[C@H](CO)[C@@H](O)[C@H](O)[C@H]4O[C@@H]4O[C@H](CO)[C@@H](O)[C@H](O)[C@H]4O)C(C)(C)[C@@H]3CC[C@]12C. The molecule has 4 aliphatic heterocycles. The van der Waals surface area contributed by atoms with E-state index in [0.29, 0.717) is 38.5 Å². The van der Waals surface area contributed by atoms with E-state index in [0.717, 1.165) is 24.8 Å². The molecule has 23 nitrogen and oxygen atoms in total. The molecule has 4 heterocycles. The molecule has 0 aromatic carbocycles. The van der Waals surface area contributed by atoms with Gasteiger partial charge in [-0.05, 0) is 124 Å². The predicted molar refractivity (Wildman–Crippen MR) is 266 cm³/mol. The molecule has 0 spiro atoms. The molecular formula is C54H92O23. The largest absolute Gasteiger partial charge is 0.394 e. The van der Waals surface area contributed by atoms with Crippen LogP contribution in [-0.2, 0) is 37.9 Å². The fourth-order valence-electron chi connectivity index (χ4n) is 16.3. The van der Waals surface area contributed by atoms with Crippen LogP contribution in [0.5, 0.6) is 0 Å². The highest BCUT2D eigenvalue weighted by Crippen LogP contribution is 2.76. The summed E-state index contributed by atoms with van der Waals surface area (Å²) < 4.78 is 48.9. The Balaban J connectivity index is 1.01. The van der Waals surface area contributed by atoms with Crippen LogP contribution >= 0.6 is 0 Å². The first-order chi connectivity index (χ1) is 36.0. The van der Waals surface area contributed by atoms with Crippen molar-refractivity contribution in [1.82, 2.24) is 0 Å². The number of ether oxygens (including phenoxy) is 8. The summed E-state index contributed by atoms with van der Waals surface area (Å²) in [6.45, 7) is 14.6. The molecule has 0 bridgehead atoms. The number of hydrogen-bond donors (Lipinski definition) is 15. The summed E-state index contributed by atoms with van der Waals surface area (Å²) in [5.41, 5.74) is -1.59. The first kappa shape index (κ1) is 61.9. The summed E-state index contributed by atoms with van der Waals surface area (Å²) in [6, 6.07) is 0. The van der Waals surface area contributed by atoms with Crippen LogP contribution in [0.2, 0.25) is 0 Å². The van der Waals surface area contributed by atoms with Crippen molar-refractivity contribution in [2.45, 2.75) is 254 Å². The molecule has 0 radical (unpaired) electrons. The van der Waals surface area contributed by atoms with Gasteiger partial charge in [0.15, 0.2) is 25.2 Å². The number of fused-ring (bicyclic) bond motifs is 5. The van der Waals surface area contributed by atoms with Crippen molar-refractivity contribution in [3.05, 3.63) is 11.6 Å². The molecule has 30 atom stereocenters. The van der Waals surface area contributed by atoms with E-state index < -0.39 is 178 Å². The summed E-state index contributed by atoms with van der Waals surface area (Å²) in [4.78, 5) is 0. The molecule has 0 amide bonds. The highest BCUT2D eigenvalue weighted by Gasteiger charge is 2.72. The molecule has 8 aliphatic rings. The number of hydrogen-bond acceptors (Lipinski definition) is 23. The van der Waals surface area contributed by atoms with Crippen molar-refractivity contribution >= 4 is 0 Å². The standard InChI is InChI=1S/C54H92O23/c1-23(2)10-9-14-54(8,77-48-44(69)40(65)37(62)29(74-48)22-70-46-42(67)38(63)34(59)26(19-55)71-46)24-11-16-53(7)33(24)25(58)18-31-51(5)15-13-32(50(3,4)30(51)12-17-52(31,53)6)75-49-45(41(66)36(61)28(21-57)73-49)76-47-43(68)39(64)35(60)27(20-56)72-47/h10,24-49,55-69H,9,11-22H2,1-8H3/t24-,25+,26+,27+,28+,29+,30-,31+,32-,33-,34+,35+,36+,37+,38-,39-,40?,41-,42+,43+,44?,45+,46+,47-,48-,49-,51-,52+,53+,54-/m0/s1. The minimum atomic E-state index is -1.82. The Kier molecular flexibility index (Phi) is 18.9. The lowest BCUT2D eigenvalue weighted by Gasteiger charge is -2.71. The fourth-order valence-corrected chi connectivity index (χ4v) is 16.3. The first-order valence-corrected chi connectivity index (χ1v) is 27.9. The van der Waals surface area contributed by atoms with Crippen molar-refractivity contribution < 1.29 is 114 Å². The molecule has 446 valence electrons. The van der Waals surface area contributed by atoms with Gasteiger partial charge in [-0.3, -0.25) is 0 Å². The van der Waals surface area contributed by atoms with Gasteiger partial charge in [0.05, 0.1) is 44.2 Å². The van der Waals surface area contributed by atoms with E-state index in [1.165, 1.54) is 0 Å². The quantitative estimate of drug-likeness (QED) is 0.0576. The lowest BCUT2D eigenvalue weighted by atomic mass is 9.35. The van der Waals surface area contributed by atoms with Crippen LogP contribution in [0.3, 0.4) is 0 Å². The second-order valence-electron chi connectivity index (χ2n) is 25.7. The molecule has 2 unspecified atom stereocenters. The number of rotatable bonds is 16. The highest BCUT2D eigenvalue weighted by atomic mass is 16.8. The Hall–Kier alpha value is -1.18. The monoisotopic (exact) mass is 1110 g/mol. The molecule has 4 aliphatic carbocycles. The van der Waals surface area contributed by atoms with Crippen LogP contribution < -0.4 is 0 Å². The average Bonchev–Trinajstić information content (AvgIpc) is 3.96. The maximum Gasteiger partial charge on any atom is 0.187 e. The molecular weight excluding hydrogens is 1020 g/mol. The third-order valence-electron chi connectivity index (χ3n) is 20.9. The topological polar surface area (TPSA) is 377 Å². The van der Waals surface area contributed by atoms with E-state index in [2.05, 4.69) is 40.7 Å². The number of aliphatic hydroxyl groups excluding tert-OH is 15. The molecule has 8 fully saturated rings. The normalized spacial score (nSPS) is 52.7. The van der Waals surface area contributed by atoms with Gasteiger partial charge in [-0.2, -0.15) is 0 Å². The molecule has 23 heteroatoms. The van der Waals surface area contributed by atoms with E-state index in [4.69, 9.17) is 37.9 Å². The van der Waals surface area contributed by atoms with Gasteiger partial charge < -0.3 is 114 Å². The zero-order valence-corrected chi connectivity index (χ0v) is 45.8. The highest BCUT2D eigenvalue weighted by molar-refractivity contribution is 5.20. The average molecular weight is 1110 g/mol. The third kappa shape index (κ3) is 10.9. The predicted octanol–water partition coefficient (Wildman–Crippen LogP) is -2.20. The summed E-state index contributed by atoms with van der Waals surface area (Å²) in [5, 5.41) is 162. The third-order valence-corrected chi connectivity index (χ3v) is 20.9. The molecule has 8 rings (SSSR count). The van der Waals surface area contributed by atoms with Crippen LogP contribution in [-0.4, -0.2) is 244 Å². The van der Waals surface area contributed by atoms with Crippen molar-refractivity contribution in [2.75, 3.05) is 26.4 Å². The van der Waals surface area contributed by atoms with Gasteiger partial charge in [0, 0.05) is 0 Å². The van der Waals surface area contributed by atoms with Gasteiger partial charge in [0.2, 0.25) is 0 Å². The van der Waals surface area contributed by atoms with Gasteiger partial charge in [0.1, 0.15) is 97.7 Å². The van der Waals surface area contributed by atoms with Crippen molar-refractivity contribution in [3.63, 3.8) is 0 Å². The maximum absolute atomic E-state index is 12.8. The van der Waals surface area contributed by atoms with Gasteiger partial charge in [-0.25, -0.2) is 0 Å². The smallest absolute Gasteiger partial charge is 0.187 e. The molecule has 77 heavy (non-hydrogen) atoms. The van der Waals surface area contributed by atoms with Gasteiger partial charge in [-0.1, -0.05) is 46.3 Å². The zero-order valence-electron chi connectivity index (χ0n) is 45.8. The van der Waals surface area contributed by atoms with Gasteiger partial charge >= 0.3 is 0 Å². The Morgan fingerprint density at radius 2 is 1.05 bits per heavy atom. The summed E-state index contributed by atoms with van der Waals surface area (Å²) in [5.74, 6) is -0.475. The lowest BCUT2D eigenvalue weighted by molar-refractivity contribution is -0.378. The Labute approximate surface area is 450 Å². The molecule has 4 saturated carbocycles. The molecule has 0 aromatic rings. The van der Waals surface area contributed by atoms with Crippen molar-refractivity contribution in [2.24, 2.45) is 45.3 Å². The number of aliphatic hydroxyl groups is 15.